The summed E-state index contributed by atoms with van der Waals surface area (Å²) in [7, 11) is 0. The lowest BCUT2D eigenvalue weighted by atomic mass is 9.80. The average molecular weight is 322 g/mol. The zero-order chi connectivity index (χ0) is 16.9. The minimum Gasteiger partial charge on any atom is -0.489 e. The van der Waals surface area contributed by atoms with Crippen LogP contribution in [0.4, 0.5) is 0 Å². The van der Waals surface area contributed by atoms with Crippen molar-refractivity contribution in [2.45, 2.75) is 32.8 Å². The van der Waals surface area contributed by atoms with Crippen LogP contribution in [0.3, 0.4) is 0 Å². The van der Waals surface area contributed by atoms with E-state index in [0.717, 1.165) is 0 Å². The maximum Gasteiger partial charge on any atom is 0.311 e. The molecule has 0 bridgehead atoms. The van der Waals surface area contributed by atoms with E-state index in [1.165, 1.54) is 6.20 Å². The summed E-state index contributed by atoms with van der Waals surface area (Å²) in [5.41, 5.74) is -0.823. The van der Waals surface area contributed by atoms with E-state index in [9.17, 15) is 14.7 Å². The fourth-order valence-corrected chi connectivity index (χ4v) is 2.47. The number of ether oxygens (including phenoxy) is 2. The third-order valence-electron chi connectivity index (χ3n) is 3.84. The van der Waals surface area contributed by atoms with Crippen molar-refractivity contribution < 1.29 is 24.2 Å². The van der Waals surface area contributed by atoms with E-state index in [1.54, 1.807) is 12.1 Å². The molecule has 126 valence electrons. The van der Waals surface area contributed by atoms with Crippen LogP contribution in [-0.4, -0.2) is 47.8 Å². The number of carbonyl (C=O) groups is 2. The van der Waals surface area contributed by atoms with Gasteiger partial charge in [-0.25, -0.2) is 4.98 Å². The number of carbonyl (C=O) groups excluding carboxylic acids is 1. The van der Waals surface area contributed by atoms with E-state index < -0.39 is 17.3 Å². The molecule has 0 spiro atoms. The van der Waals surface area contributed by atoms with Gasteiger partial charge in [0, 0.05) is 26.0 Å². The first-order valence-corrected chi connectivity index (χ1v) is 7.66. The Morgan fingerprint density at radius 3 is 2.74 bits per heavy atom. The number of carboxylic acids is 1. The third kappa shape index (κ3) is 4.19. The molecule has 1 amide bonds. The van der Waals surface area contributed by atoms with Gasteiger partial charge in [0.2, 0.25) is 0 Å². The third-order valence-corrected chi connectivity index (χ3v) is 3.84. The van der Waals surface area contributed by atoms with E-state index in [2.05, 4.69) is 10.3 Å². The Bertz CT molecular complexity index is 567. The summed E-state index contributed by atoms with van der Waals surface area (Å²) in [6, 6.07) is 3.36. The molecule has 0 saturated carbocycles. The average Bonchev–Trinajstić information content (AvgIpc) is 2.53. The molecule has 23 heavy (non-hydrogen) atoms. The maximum absolute atomic E-state index is 12.4. The Balaban J connectivity index is 2.08. The van der Waals surface area contributed by atoms with Crippen molar-refractivity contribution in [1.82, 2.24) is 10.3 Å². The van der Waals surface area contributed by atoms with Gasteiger partial charge in [-0.15, -0.1) is 0 Å². The molecule has 0 aromatic carbocycles. The van der Waals surface area contributed by atoms with E-state index in [0.29, 0.717) is 31.8 Å². The van der Waals surface area contributed by atoms with Gasteiger partial charge in [-0.05, 0) is 38.8 Å². The molecule has 0 radical (unpaired) electrons. The van der Waals surface area contributed by atoms with Gasteiger partial charge < -0.3 is 19.9 Å². The van der Waals surface area contributed by atoms with Crippen LogP contribution in [0.5, 0.6) is 5.75 Å². The summed E-state index contributed by atoms with van der Waals surface area (Å²) in [5, 5.41) is 12.2. The predicted molar refractivity (Wildman–Crippen MR) is 82.5 cm³/mol. The Morgan fingerprint density at radius 2 is 2.13 bits per heavy atom. The van der Waals surface area contributed by atoms with Crippen LogP contribution in [0, 0.1) is 5.41 Å². The molecule has 1 fully saturated rings. The molecular formula is C16H22N2O5. The number of nitrogens with zero attached hydrogens (tertiary/aromatic N) is 1. The highest BCUT2D eigenvalue weighted by Crippen LogP contribution is 2.30. The van der Waals surface area contributed by atoms with E-state index >= 15 is 0 Å². The quantitative estimate of drug-likeness (QED) is 0.823. The fourth-order valence-electron chi connectivity index (χ4n) is 2.47. The molecule has 2 heterocycles. The monoisotopic (exact) mass is 322 g/mol. The molecule has 2 N–H and O–H groups in total. The summed E-state index contributed by atoms with van der Waals surface area (Å²) in [4.78, 5) is 28.0. The van der Waals surface area contributed by atoms with Gasteiger partial charge in [0.25, 0.3) is 5.91 Å². The number of pyridine rings is 1. The minimum atomic E-state index is -0.984. The predicted octanol–water partition coefficient (Wildman–Crippen LogP) is 1.48. The highest BCUT2D eigenvalue weighted by Gasteiger charge is 2.40. The fraction of sp³-hybridized carbons (Fsp3) is 0.562. The van der Waals surface area contributed by atoms with Gasteiger partial charge in [0.05, 0.1) is 11.5 Å². The van der Waals surface area contributed by atoms with Crippen LogP contribution in [-0.2, 0) is 9.53 Å². The second-order valence-corrected chi connectivity index (χ2v) is 5.90. The molecule has 1 saturated heterocycles. The standard InChI is InChI=1S/C16H22N2O5/c1-11(2)23-12-4-3-7-17-13(12)14(19)18-10-16(15(20)21)5-8-22-9-6-16/h3-4,7,11H,5-6,8-10H2,1-2H3,(H,18,19)(H,20,21). The van der Waals surface area contributed by atoms with Crippen LogP contribution < -0.4 is 10.1 Å². The summed E-state index contributed by atoms with van der Waals surface area (Å²) < 4.78 is 10.8. The second-order valence-electron chi connectivity index (χ2n) is 5.90. The molecular weight excluding hydrogens is 300 g/mol. The SMILES string of the molecule is CC(C)Oc1cccnc1C(=O)NCC1(C(=O)O)CCOCC1. The molecule has 1 aromatic rings. The largest absolute Gasteiger partial charge is 0.489 e. The van der Waals surface area contributed by atoms with Crippen molar-refractivity contribution in [3.8, 4) is 5.75 Å². The maximum atomic E-state index is 12.4. The van der Waals surface area contributed by atoms with E-state index in [4.69, 9.17) is 9.47 Å². The number of aromatic nitrogens is 1. The number of rotatable bonds is 6. The van der Waals surface area contributed by atoms with Crippen LogP contribution in [0.15, 0.2) is 18.3 Å². The van der Waals surface area contributed by atoms with Crippen molar-refractivity contribution >= 4 is 11.9 Å². The van der Waals surface area contributed by atoms with Crippen molar-refractivity contribution in [3.05, 3.63) is 24.0 Å². The first kappa shape index (κ1) is 17.2. The molecule has 1 aliphatic rings. The second kappa shape index (κ2) is 7.41. The minimum absolute atomic E-state index is 0.0439. The number of aliphatic carboxylic acids is 1. The normalized spacial score (nSPS) is 16.8. The van der Waals surface area contributed by atoms with E-state index in [-0.39, 0.29) is 18.3 Å². The summed E-state index contributed by atoms with van der Waals surface area (Å²) in [6.45, 7) is 4.52. The molecule has 7 nitrogen and oxygen atoms in total. The molecule has 1 aliphatic heterocycles. The molecule has 0 atom stereocenters. The lowest BCUT2D eigenvalue weighted by Gasteiger charge is -2.33. The number of amides is 1. The first-order valence-electron chi connectivity index (χ1n) is 7.66. The van der Waals surface area contributed by atoms with Gasteiger partial charge in [-0.1, -0.05) is 0 Å². The Morgan fingerprint density at radius 1 is 1.43 bits per heavy atom. The first-order chi connectivity index (χ1) is 10.9. The molecule has 1 aromatic heterocycles. The lowest BCUT2D eigenvalue weighted by molar-refractivity contribution is -0.154. The number of carboxylic acid groups (broad SMARTS) is 1. The molecule has 7 heteroatoms. The molecule has 0 aliphatic carbocycles. The number of hydrogen-bond donors (Lipinski definition) is 2. The Kier molecular flexibility index (Phi) is 5.54. The van der Waals surface area contributed by atoms with Gasteiger partial charge in [-0.3, -0.25) is 9.59 Å². The van der Waals surface area contributed by atoms with Gasteiger partial charge >= 0.3 is 5.97 Å². The van der Waals surface area contributed by atoms with Crippen molar-refractivity contribution in [2.75, 3.05) is 19.8 Å². The zero-order valence-electron chi connectivity index (χ0n) is 13.4. The highest BCUT2D eigenvalue weighted by molar-refractivity contribution is 5.95. The van der Waals surface area contributed by atoms with E-state index in [1.807, 2.05) is 13.8 Å². The van der Waals surface area contributed by atoms with Crippen LogP contribution in [0.1, 0.15) is 37.2 Å². The molecule has 2 rings (SSSR count). The van der Waals surface area contributed by atoms with Crippen LogP contribution in [0.2, 0.25) is 0 Å². The Labute approximate surface area is 135 Å². The number of nitrogens with one attached hydrogen (secondary N) is 1. The van der Waals surface area contributed by atoms with Crippen LogP contribution in [0.25, 0.3) is 0 Å². The van der Waals surface area contributed by atoms with Gasteiger partial charge in [0.15, 0.2) is 11.4 Å². The van der Waals surface area contributed by atoms with Gasteiger partial charge in [-0.2, -0.15) is 0 Å². The van der Waals surface area contributed by atoms with Crippen LogP contribution >= 0.6 is 0 Å². The van der Waals surface area contributed by atoms with Crippen molar-refractivity contribution in [2.24, 2.45) is 5.41 Å². The summed E-state index contributed by atoms with van der Waals surface area (Å²) in [6.07, 6.45) is 2.16. The Hall–Kier alpha value is -2.15. The highest BCUT2D eigenvalue weighted by atomic mass is 16.5. The lowest BCUT2D eigenvalue weighted by Crippen LogP contribution is -2.46. The summed E-state index contributed by atoms with van der Waals surface area (Å²) in [5.74, 6) is -0.967. The van der Waals surface area contributed by atoms with Crippen molar-refractivity contribution in [1.29, 1.82) is 0 Å². The van der Waals surface area contributed by atoms with Gasteiger partial charge in [0.1, 0.15) is 0 Å². The molecule has 0 unspecified atom stereocenters. The van der Waals surface area contributed by atoms with Crippen molar-refractivity contribution in [3.63, 3.8) is 0 Å². The summed E-state index contributed by atoms with van der Waals surface area (Å²) >= 11 is 0. The topological polar surface area (TPSA) is 97.8 Å². The number of hydrogen-bond acceptors (Lipinski definition) is 5. The smallest absolute Gasteiger partial charge is 0.311 e. The zero-order valence-corrected chi connectivity index (χ0v) is 13.4.